The van der Waals surface area contributed by atoms with Crippen molar-refractivity contribution in [1.29, 1.82) is 5.26 Å². The summed E-state index contributed by atoms with van der Waals surface area (Å²) in [6, 6.07) is 5.80. The fourth-order valence-corrected chi connectivity index (χ4v) is 1.02. The van der Waals surface area contributed by atoms with Crippen molar-refractivity contribution in [3.8, 4) is 6.07 Å². The Bertz CT molecular complexity index is 358. The molecule has 1 aromatic carbocycles. The van der Waals surface area contributed by atoms with Gasteiger partial charge in [-0.05, 0) is 25.1 Å². The molecule has 0 spiro atoms. The molecule has 1 rings (SSSR count). The van der Waals surface area contributed by atoms with Crippen LogP contribution in [0.1, 0.15) is 12.5 Å². The molecule has 0 bridgehead atoms. The molecule has 0 aliphatic rings. The Hall–Kier alpha value is -1.60. The van der Waals surface area contributed by atoms with Gasteiger partial charge in [-0.1, -0.05) is 0 Å². The van der Waals surface area contributed by atoms with Crippen LogP contribution in [0.2, 0.25) is 0 Å². The average molecular weight is 194 g/mol. The number of rotatable bonds is 3. The Morgan fingerprint density at radius 1 is 1.64 bits per heavy atom. The monoisotopic (exact) mass is 194 g/mol. The van der Waals surface area contributed by atoms with Crippen LogP contribution in [0.25, 0.3) is 0 Å². The summed E-state index contributed by atoms with van der Waals surface area (Å²) in [7, 11) is 0. The minimum absolute atomic E-state index is 0.290. The van der Waals surface area contributed by atoms with Gasteiger partial charge in [-0.15, -0.1) is 0 Å². The number of nitriles is 1. The third-order valence-corrected chi connectivity index (χ3v) is 1.69. The molecule has 0 heterocycles. The van der Waals surface area contributed by atoms with Gasteiger partial charge >= 0.3 is 0 Å². The second-order valence-electron chi connectivity index (χ2n) is 3.03. The highest BCUT2D eigenvalue weighted by atomic mass is 19.1. The van der Waals surface area contributed by atoms with Crippen molar-refractivity contribution in [2.75, 3.05) is 11.9 Å². The summed E-state index contributed by atoms with van der Waals surface area (Å²) in [6.07, 6.45) is -0.537. The van der Waals surface area contributed by atoms with Crippen molar-refractivity contribution in [3.63, 3.8) is 0 Å². The lowest BCUT2D eigenvalue weighted by atomic mass is 10.2. The molecule has 14 heavy (non-hydrogen) atoms. The van der Waals surface area contributed by atoms with Crippen molar-refractivity contribution < 1.29 is 9.50 Å². The molecule has 2 N–H and O–H groups in total. The number of aliphatic hydroxyl groups excluding tert-OH is 1. The van der Waals surface area contributed by atoms with Gasteiger partial charge in [0.05, 0.1) is 17.4 Å². The van der Waals surface area contributed by atoms with E-state index in [1.165, 1.54) is 18.2 Å². The first kappa shape index (κ1) is 10.5. The largest absolute Gasteiger partial charge is 0.392 e. The SMILES string of the molecule is C[C@H](O)CNc1cc(F)ccc1C#N. The minimum Gasteiger partial charge on any atom is -0.392 e. The van der Waals surface area contributed by atoms with E-state index in [2.05, 4.69) is 5.32 Å². The highest BCUT2D eigenvalue weighted by molar-refractivity contribution is 5.57. The van der Waals surface area contributed by atoms with Crippen LogP contribution in [0.5, 0.6) is 0 Å². The molecule has 4 heteroatoms. The van der Waals surface area contributed by atoms with Crippen LogP contribution in [0.15, 0.2) is 18.2 Å². The van der Waals surface area contributed by atoms with E-state index >= 15 is 0 Å². The van der Waals surface area contributed by atoms with Crippen molar-refractivity contribution in [1.82, 2.24) is 0 Å². The maximum Gasteiger partial charge on any atom is 0.125 e. The molecule has 1 aromatic rings. The highest BCUT2D eigenvalue weighted by Crippen LogP contribution is 2.15. The first-order valence-electron chi connectivity index (χ1n) is 4.25. The van der Waals surface area contributed by atoms with Crippen LogP contribution in [-0.2, 0) is 0 Å². The molecule has 0 amide bonds. The average Bonchev–Trinajstić information content (AvgIpc) is 2.15. The molecule has 0 fully saturated rings. The molecule has 0 saturated heterocycles. The van der Waals surface area contributed by atoms with Crippen LogP contribution >= 0.6 is 0 Å². The smallest absolute Gasteiger partial charge is 0.125 e. The molecule has 3 nitrogen and oxygen atoms in total. The minimum atomic E-state index is -0.537. The number of anilines is 1. The molecule has 0 unspecified atom stereocenters. The van der Waals surface area contributed by atoms with Crippen LogP contribution in [-0.4, -0.2) is 17.8 Å². The fraction of sp³-hybridized carbons (Fsp3) is 0.300. The van der Waals surface area contributed by atoms with Crippen molar-refractivity contribution >= 4 is 5.69 Å². The number of nitrogens with one attached hydrogen (secondary N) is 1. The van der Waals surface area contributed by atoms with E-state index < -0.39 is 11.9 Å². The highest BCUT2D eigenvalue weighted by Gasteiger charge is 2.03. The van der Waals surface area contributed by atoms with Gasteiger partial charge in [0.1, 0.15) is 11.9 Å². The third-order valence-electron chi connectivity index (χ3n) is 1.69. The van der Waals surface area contributed by atoms with Gasteiger partial charge in [0, 0.05) is 6.54 Å². The normalized spacial score (nSPS) is 11.9. The van der Waals surface area contributed by atoms with Crippen LogP contribution in [0.4, 0.5) is 10.1 Å². The molecule has 0 aliphatic carbocycles. The van der Waals surface area contributed by atoms with Gasteiger partial charge in [0.15, 0.2) is 0 Å². The maximum absolute atomic E-state index is 12.8. The lowest BCUT2D eigenvalue weighted by Gasteiger charge is -2.09. The molecule has 0 aliphatic heterocycles. The number of halogens is 1. The lowest BCUT2D eigenvalue weighted by Crippen LogP contribution is -2.16. The lowest BCUT2D eigenvalue weighted by molar-refractivity contribution is 0.208. The number of hydrogen-bond donors (Lipinski definition) is 2. The molecule has 0 saturated carbocycles. The molecular weight excluding hydrogens is 183 g/mol. The second-order valence-corrected chi connectivity index (χ2v) is 3.03. The summed E-state index contributed by atoms with van der Waals surface area (Å²) >= 11 is 0. The summed E-state index contributed by atoms with van der Waals surface area (Å²) in [6.45, 7) is 1.90. The summed E-state index contributed by atoms with van der Waals surface area (Å²) in [5, 5.41) is 20.5. The Morgan fingerprint density at radius 2 is 2.36 bits per heavy atom. The van der Waals surface area contributed by atoms with Crippen molar-refractivity contribution in [3.05, 3.63) is 29.6 Å². The molecule has 0 aromatic heterocycles. The Morgan fingerprint density at radius 3 is 2.93 bits per heavy atom. The van der Waals surface area contributed by atoms with E-state index in [1.54, 1.807) is 6.92 Å². The van der Waals surface area contributed by atoms with Crippen LogP contribution < -0.4 is 5.32 Å². The summed E-state index contributed by atoms with van der Waals surface area (Å²) < 4.78 is 12.8. The third kappa shape index (κ3) is 2.71. The number of hydrogen-bond acceptors (Lipinski definition) is 3. The Kier molecular flexibility index (Phi) is 3.43. The second kappa shape index (κ2) is 4.58. The van der Waals surface area contributed by atoms with E-state index in [9.17, 15) is 4.39 Å². The maximum atomic E-state index is 12.8. The summed E-state index contributed by atoms with van der Waals surface area (Å²) in [5.74, 6) is -0.405. The van der Waals surface area contributed by atoms with E-state index in [4.69, 9.17) is 10.4 Å². The first-order chi connectivity index (χ1) is 6.63. The van der Waals surface area contributed by atoms with E-state index in [0.717, 1.165) is 0 Å². The molecule has 1 atom stereocenters. The van der Waals surface area contributed by atoms with Crippen molar-refractivity contribution in [2.24, 2.45) is 0 Å². The van der Waals surface area contributed by atoms with Crippen LogP contribution in [0.3, 0.4) is 0 Å². The predicted octanol–water partition coefficient (Wildman–Crippen LogP) is 1.49. The van der Waals surface area contributed by atoms with E-state index in [-0.39, 0.29) is 6.54 Å². The predicted molar refractivity (Wildman–Crippen MR) is 51.3 cm³/mol. The fourth-order valence-electron chi connectivity index (χ4n) is 1.02. The summed E-state index contributed by atoms with van der Waals surface area (Å²) in [5.41, 5.74) is 0.778. The topological polar surface area (TPSA) is 56.0 Å². The summed E-state index contributed by atoms with van der Waals surface area (Å²) in [4.78, 5) is 0. The van der Waals surface area contributed by atoms with Crippen LogP contribution in [0, 0.1) is 17.1 Å². The molecule has 74 valence electrons. The van der Waals surface area contributed by atoms with Gasteiger partial charge < -0.3 is 10.4 Å². The number of benzene rings is 1. The Labute approximate surface area is 81.8 Å². The molecule has 0 radical (unpaired) electrons. The van der Waals surface area contributed by atoms with Crippen molar-refractivity contribution in [2.45, 2.75) is 13.0 Å². The van der Waals surface area contributed by atoms with E-state index in [1.807, 2.05) is 6.07 Å². The van der Waals surface area contributed by atoms with Gasteiger partial charge in [-0.25, -0.2) is 4.39 Å². The standard InChI is InChI=1S/C10H11FN2O/c1-7(14)6-13-10-4-9(11)3-2-8(10)5-12/h2-4,7,13-14H,6H2,1H3/t7-/m0/s1. The van der Waals surface area contributed by atoms with Gasteiger partial charge in [-0.3, -0.25) is 0 Å². The van der Waals surface area contributed by atoms with E-state index in [0.29, 0.717) is 11.3 Å². The quantitative estimate of drug-likeness (QED) is 0.766. The van der Waals surface area contributed by atoms with Gasteiger partial charge in [0.25, 0.3) is 0 Å². The zero-order chi connectivity index (χ0) is 10.6. The number of aliphatic hydroxyl groups is 1. The zero-order valence-electron chi connectivity index (χ0n) is 7.79. The van der Waals surface area contributed by atoms with Gasteiger partial charge in [0.2, 0.25) is 0 Å². The Balaban J connectivity index is 2.84. The zero-order valence-corrected chi connectivity index (χ0v) is 7.79. The van der Waals surface area contributed by atoms with Gasteiger partial charge in [-0.2, -0.15) is 5.26 Å². The number of nitrogens with zero attached hydrogens (tertiary/aromatic N) is 1. The first-order valence-corrected chi connectivity index (χ1v) is 4.25. The molecular formula is C10H11FN2O.